The number of rotatable bonds is 5. The van der Waals surface area contributed by atoms with Gasteiger partial charge in [0.15, 0.2) is 0 Å². The lowest BCUT2D eigenvalue weighted by Gasteiger charge is -2.20. The van der Waals surface area contributed by atoms with Crippen molar-refractivity contribution in [3.05, 3.63) is 27.9 Å². The minimum absolute atomic E-state index is 0.153. The molecule has 0 aliphatic carbocycles. The highest BCUT2D eigenvalue weighted by Crippen LogP contribution is 2.21. The van der Waals surface area contributed by atoms with Crippen molar-refractivity contribution >= 4 is 11.5 Å². The van der Waals surface area contributed by atoms with E-state index in [1.165, 1.54) is 6.07 Å². The van der Waals surface area contributed by atoms with E-state index in [2.05, 4.69) is 29.0 Å². The van der Waals surface area contributed by atoms with Crippen LogP contribution in [0.2, 0.25) is 0 Å². The zero-order chi connectivity index (χ0) is 15.4. The number of hydrogen-bond donors (Lipinski definition) is 1. The molecule has 1 saturated heterocycles. The monoisotopic (exact) mass is 289 g/mol. The van der Waals surface area contributed by atoms with Gasteiger partial charge in [-0.05, 0) is 38.8 Å². The lowest BCUT2D eigenvalue weighted by Crippen LogP contribution is -2.29. The number of hydrogen-bond acceptors (Lipinski definition) is 6. The number of aromatic nitrogens is 1. The number of nitro groups is 1. The Bertz CT molecular complexity index is 567. The summed E-state index contributed by atoms with van der Waals surface area (Å²) in [6.07, 6.45) is 1.13. The molecule has 2 rings (SSSR count). The van der Waals surface area contributed by atoms with Crippen molar-refractivity contribution < 1.29 is 4.92 Å². The molecule has 0 spiro atoms. The summed E-state index contributed by atoms with van der Waals surface area (Å²) < 4.78 is 0. The summed E-state index contributed by atoms with van der Waals surface area (Å²) in [5, 5.41) is 22.8. The molecule has 0 aromatic carbocycles. The van der Waals surface area contributed by atoms with Gasteiger partial charge in [-0.25, -0.2) is 4.98 Å². The molecule has 1 aromatic heterocycles. The Kier molecular flexibility index (Phi) is 4.70. The Labute approximate surface area is 123 Å². The van der Waals surface area contributed by atoms with E-state index in [-0.39, 0.29) is 11.4 Å². The van der Waals surface area contributed by atoms with Crippen LogP contribution in [0, 0.1) is 27.4 Å². The van der Waals surface area contributed by atoms with Crippen LogP contribution in [0.3, 0.4) is 0 Å². The van der Waals surface area contributed by atoms with Crippen molar-refractivity contribution in [2.24, 2.45) is 5.92 Å². The average molecular weight is 289 g/mol. The van der Waals surface area contributed by atoms with Crippen molar-refractivity contribution in [2.45, 2.75) is 26.3 Å². The maximum atomic E-state index is 10.7. The molecule has 7 heteroatoms. The Morgan fingerprint density at radius 2 is 2.38 bits per heavy atom. The molecular weight excluding hydrogens is 270 g/mol. The molecule has 1 atom stereocenters. The van der Waals surface area contributed by atoms with Crippen molar-refractivity contribution in [3.63, 3.8) is 0 Å². The van der Waals surface area contributed by atoms with Gasteiger partial charge in [0.05, 0.1) is 4.92 Å². The zero-order valence-corrected chi connectivity index (χ0v) is 12.2. The fourth-order valence-electron chi connectivity index (χ4n) is 2.53. The molecule has 0 radical (unpaired) electrons. The number of nitriles is 1. The number of anilines is 1. The van der Waals surface area contributed by atoms with Crippen LogP contribution in [0.5, 0.6) is 0 Å². The second-order valence-corrected chi connectivity index (χ2v) is 5.56. The predicted molar refractivity (Wildman–Crippen MR) is 78.9 cm³/mol. The summed E-state index contributed by atoms with van der Waals surface area (Å²) in [7, 11) is 0. The van der Waals surface area contributed by atoms with Crippen LogP contribution in [0.4, 0.5) is 11.5 Å². The normalized spacial score (nSPS) is 18.7. The van der Waals surface area contributed by atoms with Crippen molar-refractivity contribution in [3.8, 4) is 6.07 Å². The third kappa shape index (κ3) is 3.67. The molecule has 1 fully saturated rings. The molecule has 7 nitrogen and oxygen atoms in total. The van der Waals surface area contributed by atoms with Gasteiger partial charge < -0.3 is 10.2 Å². The summed E-state index contributed by atoms with van der Waals surface area (Å²) in [6, 6.07) is 5.19. The maximum absolute atomic E-state index is 10.7. The highest BCUT2D eigenvalue weighted by molar-refractivity contribution is 5.50. The van der Waals surface area contributed by atoms with Crippen LogP contribution in [0.15, 0.2) is 12.1 Å². The number of likely N-dealkylation sites (tertiary alicyclic amines) is 1. The van der Waals surface area contributed by atoms with E-state index in [1.807, 2.05) is 0 Å². The van der Waals surface area contributed by atoms with Gasteiger partial charge in [-0.15, -0.1) is 0 Å². The van der Waals surface area contributed by atoms with E-state index in [0.29, 0.717) is 17.8 Å². The van der Waals surface area contributed by atoms with Crippen molar-refractivity contribution in [2.75, 3.05) is 25.0 Å². The van der Waals surface area contributed by atoms with Gasteiger partial charge in [0.2, 0.25) is 5.69 Å². The van der Waals surface area contributed by atoms with Crippen LogP contribution >= 0.6 is 0 Å². The molecule has 2 heterocycles. The van der Waals surface area contributed by atoms with Gasteiger partial charge in [0, 0.05) is 25.2 Å². The highest BCUT2D eigenvalue weighted by atomic mass is 16.6. The Hall–Kier alpha value is -2.20. The smallest absolute Gasteiger partial charge is 0.305 e. The fraction of sp³-hybridized carbons (Fsp3) is 0.571. The Morgan fingerprint density at radius 3 is 2.95 bits per heavy atom. The van der Waals surface area contributed by atoms with Gasteiger partial charge in [-0.2, -0.15) is 5.26 Å². The molecule has 112 valence electrons. The lowest BCUT2D eigenvalue weighted by molar-refractivity contribution is -0.385. The summed E-state index contributed by atoms with van der Waals surface area (Å²) in [5.74, 6) is 1.05. The molecule has 1 aliphatic heterocycles. The van der Waals surface area contributed by atoms with Gasteiger partial charge in [-0.3, -0.25) is 10.1 Å². The minimum atomic E-state index is -0.590. The van der Waals surface area contributed by atoms with Crippen LogP contribution in [0.1, 0.15) is 26.0 Å². The first-order chi connectivity index (χ1) is 10.0. The van der Waals surface area contributed by atoms with Gasteiger partial charge in [-0.1, -0.05) is 0 Å². The van der Waals surface area contributed by atoms with E-state index in [0.717, 1.165) is 26.1 Å². The molecule has 1 unspecified atom stereocenters. The standard InChI is InChI=1S/C14H19N5O2/c1-10(2)18-6-5-11(9-18)8-16-14-4-3-13(19(20)21)12(7-15)17-14/h3-4,10-11H,5-6,8-9H2,1-2H3,(H,16,17). The summed E-state index contributed by atoms with van der Waals surface area (Å²) >= 11 is 0. The largest absolute Gasteiger partial charge is 0.370 e. The summed E-state index contributed by atoms with van der Waals surface area (Å²) in [4.78, 5) is 16.6. The third-order valence-corrected chi connectivity index (χ3v) is 3.80. The third-order valence-electron chi connectivity index (χ3n) is 3.80. The Morgan fingerprint density at radius 1 is 1.62 bits per heavy atom. The Balaban J connectivity index is 1.96. The first kappa shape index (κ1) is 15.2. The molecule has 21 heavy (non-hydrogen) atoms. The highest BCUT2D eigenvalue weighted by Gasteiger charge is 2.24. The van der Waals surface area contributed by atoms with Gasteiger partial charge in [0.25, 0.3) is 0 Å². The van der Waals surface area contributed by atoms with Crippen LogP contribution in [-0.2, 0) is 0 Å². The van der Waals surface area contributed by atoms with Crippen molar-refractivity contribution in [1.82, 2.24) is 9.88 Å². The molecule has 0 bridgehead atoms. The predicted octanol–water partition coefficient (Wildman–Crippen LogP) is 2.00. The lowest BCUT2D eigenvalue weighted by atomic mass is 10.1. The molecule has 0 saturated carbocycles. The van der Waals surface area contributed by atoms with E-state index < -0.39 is 4.92 Å². The maximum Gasteiger partial charge on any atom is 0.305 e. The van der Waals surface area contributed by atoms with E-state index >= 15 is 0 Å². The molecular formula is C14H19N5O2. The average Bonchev–Trinajstić information content (AvgIpc) is 2.93. The SMILES string of the molecule is CC(C)N1CCC(CNc2ccc([N+](=O)[O-])c(C#N)n2)C1. The van der Waals surface area contributed by atoms with Crippen LogP contribution in [0.25, 0.3) is 0 Å². The fourth-order valence-corrected chi connectivity index (χ4v) is 2.53. The number of pyridine rings is 1. The number of nitrogens with one attached hydrogen (secondary N) is 1. The minimum Gasteiger partial charge on any atom is -0.370 e. The molecule has 0 amide bonds. The van der Waals surface area contributed by atoms with Gasteiger partial charge in [0.1, 0.15) is 11.9 Å². The van der Waals surface area contributed by atoms with Crippen LogP contribution < -0.4 is 5.32 Å². The first-order valence-electron chi connectivity index (χ1n) is 7.04. The van der Waals surface area contributed by atoms with Crippen molar-refractivity contribution in [1.29, 1.82) is 5.26 Å². The first-order valence-corrected chi connectivity index (χ1v) is 7.04. The van der Waals surface area contributed by atoms with E-state index in [1.54, 1.807) is 12.1 Å². The summed E-state index contributed by atoms with van der Waals surface area (Å²) in [6.45, 7) is 7.28. The second-order valence-electron chi connectivity index (χ2n) is 5.56. The quantitative estimate of drug-likeness (QED) is 0.658. The van der Waals surface area contributed by atoms with Crippen LogP contribution in [-0.4, -0.2) is 40.5 Å². The molecule has 1 aliphatic rings. The molecule has 1 aromatic rings. The van der Waals surface area contributed by atoms with E-state index in [4.69, 9.17) is 5.26 Å². The topological polar surface area (TPSA) is 95.1 Å². The number of nitrogens with zero attached hydrogens (tertiary/aromatic N) is 4. The molecule has 1 N–H and O–H groups in total. The van der Waals surface area contributed by atoms with E-state index in [9.17, 15) is 10.1 Å². The zero-order valence-electron chi connectivity index (χ0n) is 12.2. The van der Waals surface area contributed by atoms with Gasteiger partial charge >= 0.3 is 5.69 Å². The second kappa shape index (κ2) is 6.50. The summed E-state index contributed by atoms with van der Waals surface area (Å²) in [5.41, 5.74) is -0.407.